The summed E-state index contributed by atoms with van der Waals surface area (Å²) in [6, 6.07) is 17.7. The van der Waals surface area contributed by atoms with Crippen molar-refractivity contribution in [3.05, 3.63) is 116 Å². The van der Waals surface area contributed by atoms with Crippen LogP contribution in [0.2, 0.25) is 0 Å². The van der Waals surface area contributed by atoms with Crippen molar-refractivity contribution in [1.82, 2.24) is 0 Å². The first-order valence-corrected chi connectivity index (χ1v) is 21.1. The van der Waals surface area contributed by atoms with E-state index in [0.29, 0.717) is 11.5 Å². The first kappa shape index (κ1) is 40.7. The van der Waals surface area contributed by atoms with Crippen molar-refractivity contribution >= 4 is 11.6 Å². The first-order valence-electron chi connectivity index (χ1n) is 21.1. The minimum Gasteiger partial charge on any atom is -0.508 e. The van der Waals surface area contributed by atoms with Crippen molar-refractivity contribution in [2.24, 2.45) is 0 Å². The largest absolute Gasteiger partial charge is 0.508 e. The molecule has 2 nitrogen and oxygen atoms in total. The fraction of sp³-hybridized carbons (Fsp3) is 0.529. The molecule has 0 aliphatic heterocycles. The molecule has 3 aromatic carbocycles. The van der Waals surface area contributed by atoms with Crippen molar-refractivity contribution in [3.8, 4) is 11.5 Å². The van der Waals surface area contributed by atoms with Gasteiger partial charge in [-0.2, -0.15) is 0 Å². The van der Waals surface area contributed by atoms with Gasteiger partial charge in [0.25, 0.3) is 0 Å². The summed E-state index contributed by atoms with van der Waals surface area (Å²) in [6.45, 7) is 22.2. The Hall–Kier alpha value is -3.52. The zero-order valence-electron chi connectivity index (χ0n) is 35.1. The van der Waals surface area contributed by atoms with Gasteiger partial charge in [0, 0.05) is 0 Å². The molecule has 0 aromatic heterocycles. The van der Waals surface area contributed by atoms with Crippen LogP contribution < -0.4 is 0 Å². The molecule has 0 saturated carbocycles. The maximum absolute atomic E-state index is 11.5. The second-order valence-electron chi connectivity index (χ2n) is 18.4. The molecule has 286 valence electrons. The molecule has 0 atom stereocenters. The average molecular weight is 715 g/mol. The summed E-state index contributed by atoms with van der Waals surface area (Å²) in [7, 11) is 0. The van der Waals surface area contributed by atoms with Crippen LogP contribution in [0.4, 0.5) is 0 Å². The van der Waals surface area contributed by atoms with Gasteiger partial charge >= 0.3 is 0 Å². The standard InChI is InChI=1S/C51H70O2/c1-11-13-15-16-17-18-19-20-21-22-26-38-31-40-39-27-24-23-25-37(39)32-44(40)51(41(38)28-14-12-2,42-33-45(49(5,6)7)47(52)29-35(42)3)43-34-46(50(8,9)10)48(53)30-36(43)4/h23-25,27,29-34,52-53H,11-22,26,28H2,1-10H3. The molecule has 0 radical (unpaired) electrons. The van der Waals surface area contributed by atoms with E-state index in [4.69, 9.17) is 0 Å². The lowest BCUT2D eigenvalue weighted by Gasteiger charge is -2.46. The van der Waals surface area contributed by atoms with Crippen LogP contribution in [0.25, 0.3) is 11.6 Å². The zero-order chi connectivity index (χ0) is 38.6. The van der Waals surface area contributed by atoms with Crippen LogP contribution in [0.15, 0.2) is 71.3 Å². The van der Waals surface area contributed by atoms with Crippen molar-refractivity contribution in [3.63, 3.8) is 0 Å². The van der Waals surface area contributed by atoms with Crippen LogP contribution in [-0.2, 0) is 16.2 Å². The highest BCUT2D eigenvalue weighted by Gasteiger charge is 2.50. The topological polar surface area (TPSA) is 40.5 Å². The van der Waals surface area contributed by atoms with Crippen molar-refractivity contribution < 1.29 is 10.2 Å². The number of benzene rings is 3. The highest BCUT2D eigenvalue weighted by molar-refractivity contribution is 6.01. The summed E-state index contributed by atoms with van der Waals surface area (Å²) in [4.78, 5) is 0. The molecule has 0 fully saturated rings. The minimum atomic E-state index is -0.596. The number of rotatable bonds is 16. The Kier molecular flexibility index (Phi) is 12.9. The quantitative estimate of drug-likeness (QED) is 0.145. The van der Waals surface area contributed by atoms with Crippen molar-refractivity contribution in [2.45, 2.75) is 175 Å². The molecule has 2 aliphatic carbocycles. The molecule has 0 unspecified atom stereocenters. The number of phenols is 2. The number of allylic oxidation sites excluding steroid dienone is 5. The number of aromatic hydroxyl groups is 2. The summed E-state index contributed by atoms with van der Waals surface area (Å²) in [5.41, 5.74) is 13.8. The second kappa shape index (κ2) is 16.9. The summed E-state index contributed by atoms with van der Waals surface area (Å²) in [5, 5.41) is 23.0. The van der Waals surface area contributed by atoms with E-state index >= 15 is 0 Å². The van der Waals surface area contributed by atoms with Crippen LogP contribution in [0.5, 0.6) is 11.5 Å². The lowest BCUT2D eigenvalue weighted by atomic mass is 9.56. The minimum absolute atomic E-state index is 0.249. The van der Waals surface area contributed by atoms with E-state index in [9.17, 15) is 10.2 Å². The van der Waals surface area contributed by atoms with Crippen LogP contribution in [0, 0.1) is 13.8 Å². The number of hydrogen-bond acceptors (Lipinski definition) is 2. The molecular formula is C51H70O2. The number of phenolic OH excluding ortho intramolecular Hbond substituents is 2. The van der Waals surface area contributed by atoms with E-state index in [1.807, 2.05) is 12.1 Å². The fourth-order valence-electron chi connectivity index (χ4n) is 9.26. The number of unbranched alkanes of at least 4 members (excludes halogenated alkanes) is 10. The molecule has 0 saturated heterocycles. The molecule has 0 bridgehead atoms. The van der Waals surface area contributed by atoms with Gasteiger partial charge in [0.15, 0.2) is 0 Å². The van der Waals surface area contributed by atoms with Gasteiger partial charge in [-0.15, -0.1) is 0 Å². The second-order valence-corrected chi connectivity index (χ2v) is 18.4. The Labute approximate surface area is 323 Å². The van der Waals surface area contributed by atoms with Crippen LogP contribution in [0.3, 0.4) is 0 Å². The molecule has 3 aromatic rings. The monoisotopic (exact) mass is 715 g/mol. The molecule has 2 heteroatoms. The lowest BCUT2D eigenvalue weighted by molar-refractivity contribution is 0.444. The molecular weight excluding hydrogens is 645 g/mol. The first-order chi connectivity index (χ1) is 25.2. The Morgan fingerprint density at radius 1 is 0.566 bits per heavy atom. The van der Waals surface area contributed by atoms with E-state index in [2.05, 4.69) is 118 Å². The van der Waals surface area contributed by atoms with E-state index < -0.39 is 5.41 Å². The van der Waals surface area contributed by atoms with Gasteiger partial charge in [-0.1, -0.05) is 150 Å². The molecule has 2 N–H and O–H groups in total. The van der Waals surface area contributed by atoms with Gasteiger partial charge in [0.2, 0.25) is 0 Å². The Balaban J connectivity index is 1.78. The van der Waals surface area contributed by atoms with Crippen LogP contribution >= 0.6 is 0 Å². The lowest BCUT2D eigenvalue weighted by Crippen LogP contribution is -2.38. The van der Waals surface area contributed by atoms with Gasteiger partial charge in [0.05, 0.1) is 5.41 Å². The molecule has 0 spiro atoms. The number of fused-ring (bicyclic) bond motifs is 3. The van der Waals surface area contributed by atoms with Gasteiger partial charge in [-0.3, -0.25) is 0 Å². The maximum Gasteiger partial charge on any atom is 0.119 e. The van der Waals surface area contributed by atoms with Gasteiger partial charge < -0.3 is 10.2 Å². The van der Waals surface area contributed by atoms with E-state index in [1.54, 1.807) is 0 Å². The third-order valence-electron chi connectivity index (χ3n) is 12.1. The fourth-order valence-corrected chi connectivity index (χ4v) is 9.26. The van der Waals surface area contributed by atoms with Crippen LogP contribution in [0.1, 0.15) is 190 Å². The van der Waals surface area contributed by atoms with Crippen molar-refractivity contribution in [1.29, 1.82) is 0 Å². The average Bonchev–Trinajstić information content (AvgIpc) is 3.46. The molecule has 2 aliphatic rings. The zero-order valence-corrected chi connectivity index (χ0v) is 35.1. The number of hydrogen-bond donors (Lipinski definition) is 2. The summed E-state index contributed by atoms with van der Waals surface area (Å²) in [6.07, 6.45) is 22.6. The Morgan fingerprint density at radius 2 is 1.06 bits per heavy atom. The number of aryl methyl sites for hydroxylation is 2. The molecule has 53 heavy (non-hydrogen) atoms. The van der Waals surface area contributed by atoms with E-state index in [1.165, 1.54) is 109 Å². The molecule has 5 rings (SSSR count). The summed E-state index contributed by atoms with van der Waals surface area (Å²) in [5.74, 6) is 0.735. The molecule has 0 heterocycles. The predicted octanol–water partition coefficient (Wildman–Crippen LogP) is 14.9. The van der Waals surface area contributed by atoms with Gasteiger partial charge in [-0.25, -0.2) is 0 Å². The van der Waals surface area contributed by atoms with Gasteiger partial charge in [-0.05, 0) is 148 Å². The SMILES string of the molecule is CCCCCCCCCCCCC1=C(CCCC)C(c2cc(C(C)(C)C)c(O)cc2C)(c2cc(C(C)(C)C)c(O)cc2C)C2=Cc3ccccc3C2=C1. The highest BCUT2D eigenvalue weighted by atomic mass is 16.3. The third-order valence-corrected chi connectivity index (χ3v) is 12.1. The Morgan fingerprint density at radius 3 is 1.57 bits per heavy atom. The van der Waals surface area contributed by atoms with Gasteiger partial charge in [0.1, 0.15) is 11.5 Å². The highest BCUT2D eigenvalue weighted by Crippen LogP contribution is 2.61. The predicted molar refractivity (Wildman–Crippen MR) is 229 cm³/mol. The third kappa shape index (κ3) is 8.43. The summed E-state index contributed by atoms with van der Waals surface area (Å²) >= 11 is 0. The normalized spacial score (nSPS) is 15.4. The van der Waals surface area contributed by atoms with Crippen LogP contribution in [-0.4, -0.2) is 10.2 Å². The van der Waals surface area contributed by atoms with E-state index in [0.717, 1.165) is 47.9 Å². The molecule has 0 amide bonds. The Bertz CT molecular complexity index is 1780. The van der Waals surface area contributed by atoms with E-state index in [-0.39, 0.29) is 10.8 Å². The van der Waals surface area contributed by atoms with Crippen molar-refractivity contribution in [2.75, 3.05) is 0 Å². The summed E-state index contributed by atoms with van der Waals surface area (Å²) < 4.78 is 0. The smallest absolute Gasteiger partial charge is 0.119 e. The maximum atomic E-state index is 11.5.